The van der Waals surface area contributed by atoms with Crippen LogP contribution in [0.25, 0.3) is 20.4 Å². The predicted molar refractivity (Wildman–Crippen MR) is 132 cm³/mol. The number of hydrogen-bond donors (Lipinski definition) is 0. The fourth-order valence-corrected chi connectivity index (χ4v) is 5.26. The van der Waals surface area contributed by atoms with Gasteiger partial charge in [-0.05, 0) is 42.1 Å². The standard InChI is InChI=1S/C24H20N4O3S2/c1-2-31-17-8-9-19-20(12-17)33-24(26-19)28(13-16-6-4-3-5-7-16)21(29)14-27-15-25-22-18(23(27)30)10-11-32-22/h3-12,15H,2,13-14H2,1H3. The van der Waals surface area contributed by atoms with Crippen molar-refractivity contribution in [2.75, 3.05) is 11.5 Å². The van der Waals surface area contributed by atoms with E-state index in [1.807, 2.05) is 60.8 Å². The summed E-state index contributed by atoms with van der Waals surface area (Å²) in [5.41, 5.74) is 1.54. The normalized spacial score (nSPS) is 11.2. The first-order chi connectivity index (χ1) is 16.1. The SMILES string of the molecule is CCOc1ccc2nc(N(Cc3ccccc3)C(=O)Cn3cnc4sccc4c3=O)sc2c1. The molecule has 0 spiro atoms. The van der Waals surface area contributed by atoms with Gasteiger partial charge in [0.05, 0.1) is 35.1 Å². The molecule has 0 fully saturated rings. The van der Waals surface area contributed by atoms with Crippen LogP contribution in [0.15, 0.2) is 71.1 Å². The van der Waals surface area contributed by atoms with Crippen molar-refractivity contribution >= 4 is 54.1 Å². The van der Waals surface area contributed by atoms with Crippen molar-refractivity contribution in [3.63, 3.8) is 0 Å². The van der Waals surface area contributed by atoms with Gasteiger partial charge in [0.2, 0.25) is 5.91 Å². The lowest BCUT2D eigenvalue weighted by atomic mass is 10.2. The maximum atomic E-state index is 13.5. The number of rotatable bonds is 7. The summed E-state index contributed by atoms with van der Waals surface area (Å²) in [5.74, 6) is 0.532. The Kier molecular flexibility index (Phi) is 5.89. The topological polar surface area (TPSA) is 77.3 Å². The third kappa shape index (κ3) is 4.37. The van der Waals surface area contributed by atoms with Crippen LogP contribution < -0.4 is 15.2 Å². The maximum absolute atomic E-state index is 13.5. The molecular formula is C24H20N4O3S2. The maximum Gasteiger partial charge on any atom is 0.262 e. The summed E-state index contributed by atoms with van der Waals surface area (Å²) in [6, 6.07) is 17.2. The summed E-state index contributed by atoms with van der Waals surface area (Å²) in [7, 11) is 0. The molecule has 2 aromatic carbocycles. The Morgan fingerprint density at radius 3 is 2.82 bits per heavy atom. The van der Waals surface area contributed by atoms with Gasteiger partial charge < -0.3 is 4.74 Å². The second kappa shape index (κ2) is 9.13. The number of nitrogens with zero attached hydrogens (tertiary/aromatic N) is 4. The minimum absolute atomic E-state index is 0.120. The third-order valence-corrected chi connectivity index (χ3v) is 6.99. The van der Waals surface area contributed by atoms with E-state index in [0.717, 1.165) is 21.5 Å². The average molecular weight is 477 g/mol. The zero-order chi connectivity index (χ0) is 22.8. The van der Waals surface area contributed by atoms with Crippen LogP contribution in [-0.2, 0) is 17.9 Å². The van der Waals surface area contributed by atoms with Crippen LogP contribution in [0.3, 0.4) is 0 Å². The van der Waals surface area contributed by atoms with Crippen LogP contribution in [0.5, 0.6) is 5.75 Å². The molecule has 0 aliphatic rings. The van der Waals surface area contributed by atoms with Gasteiger partial charge >= 0.3 is 0 Å². The van der Waals surface area contributed by atoms with Crippen LogP contribution >= 0.6 is 22.7 Å². The number of fused-ring (bicyclic) bond motifs is 2. The third-order valence-electron chi connectivity index (χ3n) is 5.13. The van der Waals surface area contributed by atoms with Crippen LogP contribution in [0.2, 0.25) is 0 Å². The number of anilines is 1. The van der Waals surface area contributed by atoms with Crippen molar-refractivity contribution in [1.29, 1.82) is 0 Å². The Balaban J connectivity index is 1.51. The average Bonchev–Trinajstić information content (AvgIpc) is 3.47. The van der Waals surface area contributed by atoms with E-state index in [-0.39, 0.29) is 18.0 Å². The molecule has 0 unspecified atom stereocenters. The molecule has 0 aliphatic heterocycles. The lowest BCUT2D eigenvalue weighted by Crippen LogP contribution is -2.36. The fraction of sp³-hybridized carbons (Fsp3) is 0.167. The van der Waals surface area contributed by atoms with E-state index in [1.54, 1.807) is 11.0 Å². The van der Waals surface area contributed by atoms with Gasteiger partial charge in [0.25, 0.3) is 5.56 Å². The highest BCUT2D eigenvalue weighted by Crippen LogP contribution is 2.32. The first kappa shape index (κ1) is 21.3. The van der Waals surface area contributed by atoms with Crippen molar-refractivity contribution in [1.82, 2.24) is 14.5 Å². The van der Waals surface area contributed by atoms with Crippen LogP contribution in [-0.4, -0.2) is 27.0 Å². The number of thiophene rings is 1. The molecule has 0 aliphatic carbocycles. The molecule has 5 rings (SSSR count). The Morgan fingerprint density at radius 1 is 1.15 bits per heavy atom. The Hall–Kier alpha value is -3.56. The van der Waals surface area contributed by atoms with Gasteiger partial charge in [-0.3, -0.25) is 19.1 Å². The van der Waals surface area contributed by atoms with Gasteiger partial charge in [-0.25, -0.2) is 9.97 Å². The molecule has 0 saturated heterocycles. The van der Waals surface area contributed by atoms with E-state index in [9.17, 15) is 9.59 Å². The summed E-state index contributed by atoms with van der Waals surface area (Å²) < 4.78 is 7.89. The molecule has 166 valence electrons. The first-order valence-corrected chi connectivity index (χ1v) is 12.1. The first-order valence-electron chi connectivity index (χ1n) is 10.4. The highest BCUT2D eigenvalue weighted by atomic mass is 32.1. The molecule has 7 nitrogen and oxygen atoms in total. The highest BCUT2D eigenvalue weighted by Gasteiger charge is 2.22. The summed E-state index contributed by atoms with van der Waals surface area (Å²) in [6.45, 7) is 2.74. The minimum Gasteiger partial charge on any atom is -0.494 e. The van der Waals surface area contributed by atoms with E-state index >= 15 is 0 Å². The highest BCUT2D eigenvalue weighted by molar-refractivity contribution is 7.22. The largest absolute Gasteiger partial charge is 0.494 e. The van der Waals surface area contributed by atoms with E-state index in [2.05, 4.69) is 4.98 Å². The molecule has 3 aromatic heterocycles. The second-order valence-electron chi connectivity index (χ2n) is 7.34. The number of carbonyl (C=O) groups excluding carboxylic acids is 1. The van der Waals surface area contributed by atoms with Crippen LogP contribution in [0, 0.1) is 0 Å². The monoisotopic (exact) mass is 476 g/mol. The molecule has 9 heteroatoms. The van der Waals surface area contributed by atoms with Gasteiger partial charge in [0.1, 0.15) is 17.1 Å². The van der Waals surface area contributed by atoms with Gasteiger partial charge in [0, 0.05) is 0 Å². The molecule has 0 N–H and O–H groups in total. The van der Waals surface area contributed by atoms with Crippen molar-refractivity contribution in [2.45, 2.75) is 20.0 Å². The Labute approximate surface area is 197 Å². The molecule has 33 heavy (non-hydrogen) atoms. The number of ether oxygens (including phenoxy) is 1. The van der Waals surface area contributed by atoms with Crippen molar-refractivity contribution in [3.05, 3.63) is 82.2 Å². The summed E-state index contributed by atoms with van der Waals surface area (Å²) in [5, 5.41) is 2.92. The lowest BCUT2D eigenvalue weighted by Gasteiger charge is -2.20. The van der Waals surface area contributed by atoms with Crippen molar-refractivity contribution < 1.29 is 9.53 Å². The van der Waals surface area contributed by atoms with Crippen LogP contribution in [0.1, 0.15) is 12.5 Å². The molecule has 5 aromatic rings. The fourth-order valence-electron chi connectivity index (χ4n) is 3.53. The van der Waals surface area contributed by atoms with Crippen molar-refractivity contribution in [3.8, 4) is 5.75 Å². The molecule has 0 radical (unpaired) electrons. The number of amides is 1. The van der Waals surface area contributed by atoms with E-state index < -0.39 is 0 Å². The number of aromatic nitrogens is 3. The smallest absolute Gasteiger partial charge is 0.262 e. The Morgan fingerprint density at radius 2 is 2.00 bits per heavy atom. The zero-order valence-electron chi connectivity index (χ0n) is 17.8. The molecule has 0 bridgehead atoms. The van der Waals surface area contributed by atoms with Crippen molar-refractivity contribution in [2.24, 2.45) is 0 Å². The van der Waals surface area contributed by atoms with Gasteiger partial charge in [-0.1, -0.05) is 41.7 Å². The van der Waals surface area contributed by atoms with E-state index in [1.165, 1.54) is 33.6 Å². The lowest BCUT2D eigenvalue weighted by molar-refractivity contribution is -0.119. The molecule has 1 amide bonds. The molecular weight excluding hydrogens is 456 g/mol. The zero-order valence-corrected chi connectivity index (χ0v) is 19.4. The second-order valence-corrected chi connectivity index (χ2v) is 9.25. The quantitative estimate of drug-likeness (QED) is 0.340. The summed E-state index contributed by atoms with van der Waals surface area (Å²) >= 11 is 2.83. The van der Waals surface area contributed by atoms with Crippen LogP contribution in [0.4, 0.5) is 5.13 Å². The molecule has 0 atom stereocenters. The van der Waals surface area contributed by atoms with Gasteiger partial charge in [-0.15, -0.1) is 11.3 Å². The molecule has 0 saturated carbocycles. The van der Waals surface area contributed by atoms with Gasteiger partial charge in [0.15, 0.2) is 5.13 Å². The number of carbonyl (C=O) groups is 1. The number of hydrogen-bond acceptors (Lipinski definition) is 7. The van der Waals surface area contributed by atoms with E-state index in [4.69, 9.17) is 9.72 Å². The number of benzene rings is 2. The minimum atomic E-state index is -0.235. The van der Waals surface area contributed by atoms with Gasteiger partial charge in [-0.2, -0.15) is 0 Å². The number of thiazole rings is 1. The summed E-state index contributed by atoms with van der Waals surface area (Å²) in [6.07, 6.45) is 1.44. The Bertz CT molecular complexity index is 1490. The van der Waals surface area contributed by atoms with E-state index in [0.29, 0.717) is 28.5 Å². The molecule has 3 heterocycles. The predicted octanol–water partition coefficient (Wildman–Crippen LogP) is 4.70. The summed E-state index contributed by atoms with van der Waals surface area (Å²) in [4.78, 5) is 37.6.